The zero-order chi connectivity index (χ0) is 23.3. The minimum Gasteiger partial charge on any atom is -0.452 e. The molecule has 6 rings (SSSR count). The lowest BCUT2D eigenvalue weighted by molar-refractivity contribution is -0.121. The first kappa shape index (κ1) is 21.4. The maximum Gasteiger partial charge on any atom is 0.418 e. The minimum absolute atomic E-state index is 0.194. The van der Waals surface area contributed by atoms with Crippen LogP contribution >= 0.6 is 0 Å². The molecule has 1 unspecified atom stereocenters. The number of para-hydroxylation sites is 1. The number of aryl methyl sites for hydroxylation is 1. The number of nitrogens with zero attached hydrogens (tertiary/aromatic N) is 2. The molecule has 3 heterocycles. The Kier molecular flexibility index (Phi) is 5.21. The van der Waals surface area contributed by atoms with Crippen LogP contribution in [-0.2, 0) is 34.3 Å². The summed E-state index contributed by atoms with van der Waals surface area (Å²) in [4.78, 5) is 28.1. The molecule has 1 aliphatic carbocycles. The monoisotopic (exact) mass is 457 g/mol. The van der Waals surface area contributed by atoms with Crippen molar-refractivity contribution < 1.29 is 14.3 Å². The third-order valence-corrected chi connectivity index (χ3v) is 8.19. The number of amides is 1. The molecule has 34 heavy (non-hydrogen) atoms. The first-order valence-electron chi connectivity index (χ1n) is 12.5. The van der Waals surface area contributed by atoms with Gasteiger partial charge in [0.05, 0.1) is 18.0 Å². The van der Waals surface area contributed by atoms with Gasteiger partial charge < -0.3 is 10.1 Å². The van der Waals surface area contributed by atoms with Crippen LogP contribution in [0.3, 0.4) is 0 Å². The second-order valence-corrected chi connectivity index (χ2v) is 9.96. The van der Waals surface area contributed by atoms with Crippen LogP contribution in [0.1, 0.15) is 54.5 Å². The minimum atomic E-state index is -0.337. The topological polar surface area (TPSA) is 63.6 Å². The highest BCUT2D eigenvalue weighted by molar-refractivity contribution is 6.07. The van der Waals surface area contributed by atoms with Gasteiger partial charge in [-0.3, -0.25) is 9.69 Å². The van der Waals surface area contributed by atoms with E-state index in [0.29, 0.717) is 0 Å². The third-order valence-electron chi connectivity index (χ3n) is 8.19. The molecule has 1 atom stereocenters. The Bertz CT molecular complexity index is 1290. The van der Waals surface area contributed by atoms with E-state index in [4.69, 9.17) is 4.74 Å². The molecule has 1 aromatic heterocycles. The number of hydrogen-bond donors (Lipinski definition) is 1. The number of unbranched alkanes of at least 4 members (excludes halogenated alkanes) is 1. The van der Waals surface area contributed by atoms with Gasteiger partial charge in [0, 0.05) is 29.9 Å². The van der Waals surface area contributed by atoms with Crippen molar-refractivity contribution in [2.24, 2.45) is 0 Å². The fraction of sp³-hybridized carbons (Fsp3) is 0.429. The molecule has 2 aliphatic heterocycles. The van der Waals surface area contributed by atoms with Crippen molar-refractivity contribution in [1.29, 1.82) is 0 Å². The summed E-state index contributed by atoms with van der Waals surface area (Å²) in [6.07, 6.45) is 6.69. The molecule has 1 amide bonds. The number of nitrogens with one attached hydrogen (secondary N) is 1. The smallest absolute Gasteiger partial charge is 0.418 e. The van der Waals surface area contributed by atoms with Crippen molar-refractivity contribution >= 4 is 28.6 Å². The second-order valence-electron chi connectivity index (χ2n) is 9.96. The van der Waals surface area contributed by atoms with Crippen molar-refractivity contribution in [2.45, 2.75) is 56.9 Å². The molecule has 0 spiro atoms. The van der Waals surface area contributed by atoms with Crippen molar-refractivity contribution in [3.8, 4) is 0 Å². The summed E-state index contributed by atoms with van der Waals surface area (Å²) in [5, 5.41) is 4.31. The number of benzene rings is 2. The van der Waals surface area contributed by atoms with Gasteiger partial charge in [-0.25, -0.2) is 9.36 Å². The van der Waals surface area contributed by atoms with E-state index >= 15 is 0 Å². The lowest BCUT2D eigenvalue weighted by atomic mass is 9.68. The maximum atomic E-state index is 13.1. The van der Waals surface area contributed by atoms with E-state index in [9.17, 15) is 9.59 Å². The molecule has 2 aromatic carbocycles. The van der Waals surface area contributed by atoms with E-state index in [-0.39, 0.29) is 17.4 Å². The van der Waals surface area contributed by atoms with Crippen LogP contribution in [0.4, 0.5) is 10.5 Å². The molecule has 0 radical (unpaired) electrons. The van der Waals surface area contributed by atoms with Crippen molar-refractivity contribution in [1.82, 2.24) is 9.47 Å². The van der Waals surface area contributed by atoms with Gasteiger partial charge >= 0.3 is 6.09 Å². The first-order valence-corrected chi connectivity index (χ1v) is 12.5. The highest BCUT2D eigenvalue weighted by Gasteiger charge is 2.48. The van der Waals surface area contributed by atoms with Gasteiger partial charge in [-0.1, -0.05) is 36.8 Å². The fourth-order valence-electron chi connectivity index (χ4n) is 6.63. The highest BCUT2D eigenvalue weighted by Crippen LogP contribution is 2.49. The van der Waals surface area contributed by atoms with Gasteiger partial charge in [0.25, 0.3) is 0 Å². The number of ether oxygens (including phenoxy) is 1. The number of aromatic nitrogens is 1. The first-order chi connectivity index (χ1) is 16.6. The Morgan fingerprint density at radius 3 is 2.88 bits per heavy atom. The van der Waals surface area contributed by atoms with Gasteiger partial charge in [-0.15, -0.1) is 0 Å². The zero-order valence-electron chi connectivity index (χ0n) is 19.7. The maximum absolute atomic E-state index is 13.1. The summed E-state index contributed by atoms with van der Waals surface area (Å²) in [7, 11) is 1.44. The Morgan fingerprint density at radius 1 is 1.12 bits per heavy atom. The number of hydrogen-bond acceptors (Lipinski definition) is 4. The average molecular weight is 458 g/mol. The van der Waals surface area contributed by atoms with Gasteiger partial charge in [-0.2, -0.15) is 0 Å². The lowest BCUT2D eigenvalue weighted by Crippen LogP contribution is -2.37. The number of anilines is 1. The molecule has 176 valence electrons. The van der Waals surface area contributed by atoms with Crippen LogP contribution in [0.5, 0.6) is 0 Å². The van der Waals surface area contributed by atoms with E-state index in [2.05, 4.69) is 34.5 Å². The number of carbonyl (C=O) groups is 2. The van der Waals surface area contributed by atoms with Gasteiger partial charge in [0.1, 0.15) is 0 Å². The number of carbonyl (C=O) groups excluding carboxylic acids is 2. The summed E-state index contributed by atoms with van der Waals surface area (Å²) in [5.74, 6) is 0.194. The summed E-state index contributed by atoms with van der Waals surface area (Å²) in [6, 6.07) is 14.4. The van der Waals surface area contributed by atoms with E-state index in [1.165, 1.54) is 23.8 Å². The van der Waals surface area contributed by atoms with Crippen molar-refractivity contribution in [3.05, 3.63) is 64.8 Å². The van der Waals surface area contributed by atoms with Crippen LogP contribution in [0.15, 0.2) is 42.5 Å². The predicted octanol–water partition coefficient (Wildman–Crippen LogP) is 5.01. The standard InChI is InChI=1S/C28H31N3O3/c1-34-27(33)31-23-12-3-2-10-20(23)21-13-17-30(18-24(21)31)16-5-4-14-28-15-7-9-19-8-6-11-22(25(19)28)29-26(28)32/h2-3,6,8,10-12H,4-5,7,9,13-18H2,1H3,(H,29,32). The highest BCUT2D eigenvalue weighted by atomic mass is 16.5. The Balaban J connectivity index is 1.15. The summed E-state index contributed by atoms with van der Waals surface area (Å²) >= 11 is 0. The normalized spacial score (nSPS) is 21.3. The molecule has 3 aromatic rings. The Hall–Kier alpha value is -3.12. The number of rotatable bonds is 5. The summed E-state index contributed by atoms with van der Waals surface area (Å²) in [5.41, 5.74) is 6.57. The van der Waals surface area contributed by atoms with Gasteiger partial charge in [-0.05, 0) is 73.9 Å². The molecular weight excluding hydrogens is 426 g/mol. The van der Waals surface area contributed by atoms with Gasteiger partial charge in [0.15, 0.2) is 0 Å². The van der Waals surface area contributed by atoms with E-state index in [1.54, 1.807) is 4.57 Å². The van der Waals surface area contributed by atoms with Gasteiger partial charge in [0.2, 0.25) is 5.91 Å². The van der Waals surface area contributed by atoms with Crippen LogP contribution in [0.2, 0.25) is 0 Å². The third kappa shape index (κ3) is 3.19. The molecule has 6 nitrogen and oxygen atoms in total. The zero-order valence-corrected chi connectivity index (χ0v) is 19.7. The Labute approximate surface area is 199 Å². The summed E-state index contributed by atoms with van der Waals surface area (Å²) < 4.78 is 6.85. The van der Waals surface area contributed by atoms with Crippen molar-refractivity contribution in [3.63, 3.8) is 0 Å². The largest absolute Gasteiger partial charge is 0.452 e. The van der Waals surface area contributed by atoms with Crippen LogP contribution < -0.4 is 5.32 Å². The van der Waals surface area contributed by atoms with E-state index < -0.39 is 0 Å². The van der Waals surface area contributed by atoms with Crippen molar-refractivity contribution in [2.75, 3.05) is 25.5 Å². The molecule has 6 heteroatoms. The molecule has 0 fully saturated rings. The number of methoxy groups -OCH3 is 1. The lowest BCUT2D eigenvalue weighted by Gasteiger charge is -2.33. The molecule has 0 bridgehead atoms. The predicted molar refractivity (Wildman–Crippen MR) is 132 cm³/mol. The SMILES string of the molecule is COC(=O)n1c2c(c3ccccc31)CCN(CCCCC13CCCc4cccc(c41)NC3=O)C2. The molecular formula is C28H31N3O3. The Morgan fingerprint density at radius 2 is 2.00 bits per heavy atom. The van der Waals surface area contributed by atoms with E-state index in [0.717, 1.165) is 86.9 Å². The number of fused-ring (bicyclic) bond motifs is 3. The second kappa shape index (κ2) is 8.27. The molecule has 0 saturated carbocycles. The van der Waals surface area contributed by atoms with Crippen LogP contribution in [-0.4, -0.2) is 41.7 Å². The average Bonchev–Trinajstić information content (AvgIpc) is 3.34. The van der Waals surface area contributed by atoms with E-state index in [1.807, 2.05) is 18.2 Å². The molecule has 3 aliphatic rings. The quantitative estimate of drug-likeness (QED) is 0.547. The summed E-state index contributed by atoms with van der Waals surface area (Å²) in [6.45, 7) is 2.70. The van der Waals surface area contributed by atoms with Crippen LogP contribution in [0.25, 0.3) is 10.9 Å². The molecule has 1 N–H and O–H groups in total. The fourth-order valence-corrected chi connectivity index (χ4v) is 6.63. The molecule has 0 saturated heterocycles. The van der Waals surface area contributed by atoms with Crippen LogP contribution in [0, 0.1) is 0 Å².